The molecular weight excluding hydrogens is 447 g/mol. The highest BCUT2D eigenvalue weighted by Crippen LogP contribution is 2.42. The van der Waals surface area contributed by atoms with Crippen molar-refractivity contribution in [2.75, 3.05) is 25.1 Å². The standard InChI is InChI=1S/C28H27FN2O4/c1-3-33-25(32)14-17-6-5-9-23-28(17)35-24(16-31(23)2)20-12-18-10-11-34-27(18)22(13-20)21-8-4-7-19(15-30)26(21)29/h4-13,24H,3,14-16,30H2,1-2H3/t24-/m0/s1/i10D,11D. The van der Waals surface area contributed by atoms with Crippen molar-refractivity contribution in [3.63, 3.8) is 0 Å². The third-order valence-corrected chi connectivity index (χ3v) is 6.24. The van der Waals surface area contributed by atoms with Crippen LogP contribution in [-0.2, 0) is 22.5 Å². The highest BCUT2D eigenvalue weighted by atomic mass is 19.1. The summed E-state index contributed by atoms with van der Waals surface area (Å²) in [7, 11) is 1.93. The van der Waals surface area contributed by atoms with Crippen LogP contribution >= 0.6 is 0 Å². The number of nitrogens with two attached hydrogens (primary N) is 1. The second-order valence-electron chi connectivity index (χ2n) is 8.49. The molecule has 180 valence electrons. The van der Waals surface area contributed by atoms with Crippen molar-refractivity contribution in [1.82, 2.24) is 0 Å². The molecule has 0 amide bonds. The molecule has 4 aromatic rings. The first-order valence-electron chi connectivity index (χ1n) is 12.5. The Kier molecular flexibility index (Phi) is 5.53. The third kappa shape index (κ3) is 4.23. The summed E-state index contributed by atoms with van der Waals surface area (Å²) in [6.07, 6.45) is -0.722. The van der Waals surface area contributed by atoms with E-state index in [0.717, 1.165) is 5.69 Å². The fraction of sp³-hybridized carbons (Fsp3) is 0.250. The molecular formula is C28H27FN2O4. The van der Waals surface area contributed by atoms with Gasteiger partial charge in [-0.1, -0.05) is 30.3 Å². The number of furan rings is 1. The molecule has 1 aromatic heterocycles. The van der Waals surface area contributed by atoms with Gasteiger partial charge >= 0.3 is 5.97 Å². The van der Waals surface area contributed by atoms with Crippen molar-refractivity contribution < 1.29 is 25.8 Å². The van der Waals surface area contributed by atoms with Crippen LogP contribution in [0.25, 0.3) is 22.1 Å². The zero-order valence-corrected chi connectivity index (χ0v) is 19.6. The second-order valence-corrected chi connectivity index (χ2v) is 8.49. The fourth-order valence-electron chi connectivity index (χ4n) is 4.53. The molecule has 0 saturated carbocycles. The number of anilines is 1. The van der Waals surface area contributed by atoms with Crippen molar-refractivity contribution in [1.29, 1.82) is 0 Å². The van der Waals surface area contributed by atoms with E-state index in [0.29, 0.717) is 46.5 Å². The predicted molar refractivity (Wildman–Crippen MR) is 133 cm³/mol. The number of hydrogen-bond acceptors (Lipinski definition) is 6. The Morgan fingerprint density at radius 3 is 2.83 bits per heavy atom. The number of fused-ring (bicyclic) bond motifs is 2. The van der Waals surface area contributed by atoms with Gasteiger partial charge in [-0.05, 0) is 36.7 Å². The molecule has 0 unspecified atom stereocenters. The second kappa shape index (κ2) is 9.43. The van der Waals surface area contributed by atoms with Crippen molar-refractivity contribution >= 4 is 22.6 Å². The third-order valence-electron chi connectivity index (χ3n) is 6.24. The number of hydrogen-bond donors (Lipinski definition) is 1. The van der Waals surface area contributed by atoms with Gasteiger partial charge in [-0.25, -0.2) is 4.39 Å². The average Bonchev–Trinajstić information content (AvgIpc) is 3.17. The monoisotopic (exact) mass is 476 g/mol. The van der Waals surface area contributed by atoms with E-state index in [1.807, 2.05) is 30.1 Å². The molecule has 1 atom stereocenters. The lowest BCUT2D eigenvalue weighted by atomic mass is 9.95. The maximum absolute atomic E-state index is 15.4. The van der Waals surface area contributed by atoms with Crippen molar-refractivity contribution in [3.05, 3.63) is 83.3 Å². The van der Waals surface area contributed by atoms with Gasteiger partial charge in [-0.3, -0.25) is 4.79 Å². The molecule has 5 rings (SSSR count). The van der Waals surface area contributed by atoms with E-state index in [1.165, 1.54) is 0 Å². The van der Waals surface area contributed by atoms with Gasteiger partial charge in [0.05, 0.1) is 32.9 Å². The molecule has 0 spiro atoms. The Labute approximate surface area is 205 Å². The number of carbonyl (C=O) groups is 1. The lowest BCUT2D eigenvalue weighted by Gasteiger charge is -2.35. The Hall–Kier alpha value is -3.84. The number of benzene rings is 3. The molecule has 35 heavy (non-hydrogen) atoms. The van der Waals surface area contributed by atoms with Gasteiger partial charge < -0.3 is 24.5 Å². The van der Waals surface area contributed by atoms with Crippen molar-refractivity contribution in [2.45, 2.75) is 26.0 Å². The minimum absolute atomic E-state index is 0.0323. The van der Waals surface area contributed by atoms with E-state index in [2.05, 4.69) is 0 Å². The van der Waals surface area contributed by atoms with Crippen LogP contribution in [0, 0.1) is 5.82 Å². The molecule has 3 aromatic carbocycles. The summed E-state index contributed by atoms with van der Waals surface area (Å²) in [4.78, 5) is 14.3. The van der Waals surface area contributed by atoms with E-state index in [4.69, 9.17) is 22.4 Å². The highest BCUT2D eigenvalue weighted by Gasteiger charge is 2.29. The van der Waals surface area contributed by atoms with Crippen LogP contribution < -0.4 is 15.4 Å². The fourth-order valence-corrected chi connectivity index (χ4v) is 4.53. The van der Waals surface area contributed by atoms with E-state index in [9.17, 15) is 4.79 Å². The van der Waals surface area contributed by atoms with E-state index >= 15 is 4.39 Å². The molecule has 0 fully saturated rings. The lowest BCUT2D eigenvalue weighted by molar-refractivity contribution is -0.142. The SMILES string of the molecule is [2H]c1oc2c(-c3cccc(CN)c3F)cc([C@@H]3CN(C)c4cccc(CC(=O)OCC)c4O3)cc2c1[2H]. The summed E-state index contributed by atoms with van der Waals surface area (Å²) in [6, 6.07) is 14.0. The Morgan fingerprint density at radius 2 is 2.03 bits per heavy atom. The van der Waals surface area contributed by atoms with Crippen LogP contribution in [0.15, 0.2) is 65.2 Å². The van der Waals surface area contributed by atoms with Gasteiger partial charge in [0.25, 0.3) is 0 Å². The van der Waals surface area contributed by atoms with Crippen LogP contribution in [0.3, 0.4) is 0 Å². The molecule has 1 aliphatic rings. The molecule has 0 saturated heterocycles. The topological polar surface area (TPSA) is 77.9 Å². The first-order chi connectivity index (χ1) is 17.8. The van der Waals surface area contributed by atoms with Crippen molar-refractivity contribution in [3.8, 4) is 16.9 Å². The number of halogens is 1. The zero-order valence-electron chi connectivity index (χ0n) is 21.6. The average molecular weight is 477 g/mol. The Morgan fingerprint density at radius 1 is 1.23 bits per heavy atom. The van der Waals surface area contributed by atoms with Gasteiger partial charge in [0.2, 0.25) is 0 Å². The number of likely N-dealkylation sites (N-methyl/N-ethyl adjacent to an activating group) is 1. The summed E-state index contributed by atoms with van der Waals surface area (Å²) in [6.45, 7) is 2.56. The summed E-state index contributed by atoms with van der Waals surface area (Å²) in [5, 5.41) is 0.395. The molecule has 0 aliphatic carbocycles. The molecule has 6 nitrogen and oxygen atoms in total. The molecule has 1 aliphatic heterocycles. The number of ether oxygens (including phenoxy) is 2. The highest BCUT2D eigenvalue weighted by molar-refractivity contribution is 5.93. The minimum Gasteiger partial charge on any atom is -0.481 e. The van der Waals surface area contributed by atoms with Crippen LogP contribution in [-0.4, -0.2) is 26.2 Å². The van der Waals surface area contributed by atoms with Crippen LogP contribution in [0.5, 0.6) is 5.75 Å². The molecule has 0 bridgehead atoms. The molecule has 7 heteroatoms. The predicted octanol–water partition coefficient (Wildman–Crippen LogP) is 5.37. The Bertz CT molecular complexity index is 1500. The number of esters is 1. The van der Waals surface area contributed by atoms with Crippen LogP contribution in [0.2, 0.25) is 0 Å². The number of carbonyl (C=O) groups excluding carboxylic acids is 1. The lowest BCUT2D eigenvalue weighted by Crippen LogP contribution is -2.32. The van der Waals surface area contributed by atoms with Crippen LogP contribution in [0.1, 0.15) is 32.5 Å². The largest absolute Gasteiger partial charge is 0.481 e. The van der Waals surface area contributed by atoms with E-state index in [-0.39, 0.29) is 42.4 Å². The van der Waals surface area contributed by atoms with Gasteiger partial charge in [-0.2, -0.15) is 0 Å². The summed E-state index contributed by atoms with van der Waals surface area (Å²) in [5.74, 6) is -0.239. The van der Waals surface area contributed by atoms with Gasteiger partial charge in [0.15, 0.2) is 0 Å². The van der Waals surface area contributed by atoms with E-state index < -0.39 is 11.9 Å². The molecule has 2 heterocycles. The zero-order chi connectivity index (χ0) is 26.3. The Balaban J connectivity index is 1.63. The summed E-state index contributed by atoms with van der Waals surface area (Å²) >= 11 is 0. The quantitative estimate of drug-likeness (QED) is 0.377. The first kappa shape index (κ1) is 20.5. The number of para-hydroxylation sites is 1. The van der Waals surface area contributed by atoms with Gasteiger partial charge in [0, 0.05) is 41.2 Å². The van der Waals surface area contributed by atoms with Gasteiger partial charge in [0.1, 0.15) is 24.6 Å². The minimum atomic E-state index is -0.492. The number of rotatable bonds is 6. The van der Waals surface area contributed by atoms with Crippen LogP contribution in [0.4, 0.5) is 10.1 Å². The number of nitrogens with zero attached hydrogens (tertiary/aromatic N) is 1. The summed E-state index contributed by atoms with van der Waals surface area (Å²) < 4.78 is 49.0. The first-order valence-corrected chi connectivity index (χ1v) is 11.5. The molecule has 0 radical (unpaired) electrons. The summed E-state index contributed by atoms with van der Waals surface area (Å²) in [5.41, 5.74) is 9.28. The van der Waals surface area contributed by atoms with E-state index in [1.54, 1.807) is 37.3 Å². The van der Waals surface area contributed by atoms with Gasteiger partial charge in [-0.15, -0.1) is 0 Å². The van der Waals surface area contributed by atoms with Crippen molar-refractivity contribution in [2.24, 2.45) is 5.73 Å². The maximum atomic E-state index is 15.4. The smallest absolute Gasteiger partial charge is 0.310 e. The molecule has 2 N–H and O–H groups in total. The normalized spacial score (nSPS) is 15.9. The maximum Gasteiger partial charge on any atom is 0.310 e.